The van der Waals surface area contributed by atoms with Gasteiger partial charge in [-0.25, -0.2) is 9.59 Å². The molecule has 1 amide bonds. The maximum absolute atomic E-state index is 12.0. The number of carbonyl (C=O) groups excluding carboxylic acids is 1. The summed E-state index contributed by atoms with van der Waals surface area (Å²) < 4.78 is 16.1. The molecule has 0 aliphatic rings. The number of carboxylic acid groups (broad SMARTS) is 1. The van der Waals surface area contributed by atoms with E-state index in [1.807, 2.05) is 0 Å². The van der Waals surface area contributed by atoms with E-state index in [2.05, 4.69) is 0 Å². The molecule has 1 atom stereocenters. The van der Waals surface area contributed by atoms with Gasteiger partial charge in [-0.3, -0.25) is 9.46 Å². The number of halogens is 2. The topological polar surface area (TPSA) is 124 Å². The van der Waals surface area contributed by atoms with E-state index in [0.29, 0.717) is 10.5 Å². The van der Waals surface area contributed by atoms with E-state index >= 15 is 0 Å². The van der Waals surface area contributed by atoms with Crippen molar-refractivity contribution in [3.05, 3.63) is 35.9 Å². The summed E-state index contributed by atoms with van der Waals surface area (Å²) in [5.41, 5.74) is 0.676. The summed E-state index contributed by atoms with van der Waals surface area (Å²) in [7, 11) is -4.62. The summed E-state index contributed by atoms with van der Waals surface area (Å²) in [5.74, 6) is -1.35. The van der Waals surface area contributed by atoms with Crippen LogP contribution in [0, 0.1) is 0 Å². The number of aliphatic carboxylic acids is 1. The number of ether oxygens (including phenoxy) is 1. The summed E-state index contributed by atoms with van der Waals surface area (Å²) in [5, 5.41) is 9.07. The first-order valence-electron chi connectivity index (χ1n) is 6.49. The first-order chi connectivity index (χ1) is 10.2. The van der Waals surface area contributed by atoms with Crippen molar-refractivity contribution in [1.82, 2.24) is 4.90 Å². The van der Waals surface area contributed by atoms with Crippen LogP contribution in [-0.2, 0) is 20.7 Å². The smallest absolute Gasteiger partial charge is 0.411 e. The van der Waals surface area contributed by atoms with Crippen LogP contribution in [0.5, 0.6) is 0 Å². The van der Waals surface area contributed by atoms with Gasteiger partial charge in [0.1, 0.15) is 18.9 Å². The molecule has 0 fully saturated rings. The van der Waals surface area contributed by atoms with Crippen molar-refractivity contribution in [3.63, 3.8) is 0 Å². The minimum Gasteiger partial charge on any atom is -1.00 e. The minimum absolute atomic E-state index is 0. The Balaban J connectivity index is 0. The number of amides is 1. The first-order valence-corrected chi connectivity index (χ1v) is 8.29. The number of rotatable bonds is 7. The predicted molar refractivity (Wildman–Crippen MR) is 77.1 cm³/mol. The molecule has 3 N–H and O–H groups in total. The second kappa shape index (κ2) is 11.3. The second-order valence-corrected chi connectivity index (χ2v) is 6.19. The van der Waals surface area contributed by atoms with Gasteiger partial charge in [-0.15, -0.1) is 0 Å². The van der Waals surface area contributed by atoms with Crippen LogP contribution in [0.25, 0.3) is 0 Å². The summed E-state index contributed by atoms with van der Waals surface area (Å²) in [6.07, 6.45) is -2.09. The Labute approximate surface area is 151 Å². The number of benzene rings is 1. The van der Waals surface area contributed by atoms with E-state index in [1.54, 1.807) is 30.3 Å². The van der Waals surface area contributed by atoms with Crippen LogP contribution < -0.4 is 24.8 Å². The van der Waals surface area contributed by atoms with Crippen LogP contribution in [0.1, 0.15) is 18.9 Å². The number of hydrogen-bond donors (Lipinski definition) is 3. The average molecular weight is 402 g/mol. The van der Waals surface area contributed by atoms with Crippen LogP contribution in [0.3, 0.4) is 0 Å². The molecular formula is C13H18Cl2NO7P-2. The van der Waals surface area contributed by atoms with Gasteiger partial charge in [0, 0.05) is 0 Å². The van der Waals surface area contributed by atoms with Crippen molar-refractivity contribution in [2.75, 3.05) is 6.29 Å². The highest BCUT2D eigenvalue weighted by atomic mass is 35.5. The Morgan fingerprint density at radius 1 is 1.21 bits per heavy atom. The monoisotopic (exact) mass is 401 g/mol. The molecule has 24 heavy (non-hydrogen) atoms. The third-order valence-electron chi connectivity index (χ3n) is 2.82. The van der Waals surface area contributed by atoms with Crippen molar-refractivity contribution in [3.8, 4) is 0 Å². The molecule has 11 heteroatoms. The molecular weight excluding hydrogens is 384 g/mol. The number of hydrogen-bond acceptors (Lipinski definition) is 4. The molecule has 0 aromatic heterocycles. The molecule has 1 rings (SSSR count). The van der Waals surface area contributed by atoms with Gasteiger partial charge in [0.25, 0.3) is 0 Å². The largest absolute Gasteiger partial charge is 1.00 e. The molecule has 1 unspecified atom stereocenters. The fourth-order valence-electron chi connectivity index (χ4n) is 1.81. The molecule has 0 saturated heterocycles. The highest BCUT2D eigenvalue weighted by molar-refractivity contribution is 7.51. The lowest BCUT2D eigenvalue weighted by Crippen LogP contribution is -3.00. The van der Waals surface area contributed by atoms with Crippen molar-refractivity contribution in [2.45, 2.75) is 26.0 Å². The number of carboxylic acids is 1. The van der Waals surface area contributed by atoms with Crippen LogP contribution in [0.15, 0.2) is 30.3 Å². The summed E-state index contributed by atoms with van der Waals surface area (Å²) in [4.78, 5) is 41.7. The van der Waals surface area contributed by atoms with Crippen molar-refractivity contribution in [2.24, 2.45) is 0 Å². The molecule has 0 heterocycles. The van der Waals surface area contributed by atoms with E-state index < -0.39 is 32.0 Å². The van der Waals surface area contributed by atoms with Gasteiger partial charge >= 0.3 is 19.7 Å². The van der Waals surface area contributed by atoms with Crippen molar-refractivity contribution in [1.29, 1.82) is 0 Å². The van der Waals surface area contributed by atoms with E-state index in [-0.39, 0.29) is 37.8 Å². The fraction of sp³-hybridized carbons (Fsp3) is 0.385. The summed E-state index contributed by atoms with van der Waals surface area (Å²) >= 11 is 0. The maximum Gasteiger partial charge on any atom is 0.411 e. The Morgan fingerprint density at radius 3 is 2.17 bits per heavy atom. The van der Waals surface area contributed by atoms with Gasteiger partial charge in [0.05, 0.1) is 0 Å². The molecule has 0 aliphatic carbocycles. The number of carbonyl (C=O) groups is 2. The molecule has 0 saturated carbocycles. The van der Waals surface area contributed by atoms with Gasteiger partial charge in [0.2, 0.25) is 0 Å². The van der Waals surface area contributed by atoms with Crippen molar-refractivity contribution >= 4 is 19.7 Å². The third-order valence-corrected chi connectivity index (χ3v) is 3.50. The minimum atomic E-state index is -4.62. The van der Waals surface area contributed by atoms with Crippen LogP contribution in [-0.4, -0.2) is 44.2 Å². The molecule has 0 aliphatic heterocycles. The van der Waals surface area contributed by atoms with E-state index in [4.69, 9.17) is 19.6 Å². The average Bonchev–Trinajstić information content (AvgIpc) is 2.44. The normalized spacial score (nSPS) is 11.5. The fourth-order valence-corrected chi connectivity index (χ4v) is 2.52. The molecule has 0 spiro atoms. The molecule has 8 nitrogen and oxygen atoms in total. The van der Waals surface area contributed by atoms with E-state index in [1.165, 1.54) is 6.92 Å². The first kappa shape index (κ1) is 24.9. The van der Waals surface area contributed by atoms with E-state index in [9.17, 15) is 14.2 Å². The lowest BCUT2D eigenvalue weighted by atomic mass is 10.2. The standard InChI is InChI=1S/C13H18NO7P.2ClH/c1-2-11(12(15)16)14(9-22(18,19)20)13(17)21-8-10-6-4-3-5-7-10;;/h3-7,11H,2,8-9H2,1H3,(H,15,16)(H2,18,19,20);2*1H/p-2. The second-order valence-electron chi connectivity index (χ2n) is 4.58. The zero-order valence-corrected chi connectivity index (χ0v) is 15.1. The van der Waals surface area contributed by atoms with Gasteiger partial charge in [0.15, 0.2) is 0 Å². The van der Waals surface area contributed by atoms with Gasteiger partial charge in [-0.1, -0.05) is 37.3 Å². The Morgan fingerprint density at radius 2 is 1.75 bits per heavy atom. The molecule has 1 aromatic carbocycles. The Kier molecular flexibility index (Phi) is 11.7. The lowest BCUT2D eigenvalue weighted by Gasteiger charge is -2.27. The molecule has 0 bridgehead atoms. The highest BCUT2D eigenvalue weighted by Gasteiger charge is 2.34. The molecule has 138 valence electrons. The SMILES string of the molecule is CCC(C(=O)O)N(CP(=O)(O)O)C(=O)OCc1ccccc1.[Cl-].[Cl-]. The summed E-state index contributed by atoms with van der Waals surface area (Å²) in [6.45, 7) is 1.38. The van der Waals surface area contributed by atoms with Crippen LogP contribution >= 0.6 is 7.60 Å². The molecule has 0 radical (unpaired) electrons. The lowest BCUT2D eigenvalue weighted by molar-refractivity contribution is -0.142. The number of nitrogens with zero attached hydrogens (tertiary/aromatic N) is 1. The highest BCUT2D eigenvalue weighted by Crippen LogP contribution is 2.36. The van der Waals surface area contributed by atoms with Crippen molar-refractivity contribution < 1.29 is 58.6 Å². The van der Waals surface area contributed by atoms with Gasteiger partial charge < -0.3 is 44.4 Å². The van der Waals surface area contributed by atoms with Crippen LogP contribution in [0.4, 0.5) is 4.79 Å². The third kappa shape index (κ3) is 8.52. The zero-order chi connectivity index (χ0) is 16.8. The Hall–Kier alpha value is -1.31. The predicted octanol–water partition coefficient (Wildman–Crippen LogP) is -4.37. The molecule has 1 aromatic rings. The Bertz CT molecular complexity index is 567. The van der Waals surface area contributed by atoms with Crippen LogP contribution in [0.2, 0.25) is 0 Å². The van der Waals surface area contributed by atoms with E-state index in [0.717, 1.165) is 0 Å². The quantitative estimate of drug-likeness (QED) is 0.394. The van der Waals surface area contributed by atoms with Gasteiger partial charge in [-0.05, 0) is 12.0 Å². The van der Waals surface area contributed by atoms with Gasteiger partial charge in [-0.2, -0.15) is 0 Å². The zero-order valence-electron chi connectivity index (χ0n) is 12.7. The maximum atomic E-state index is 12.0. The summed E-state index contributed by atoms with van der Waals surface area (Å²) in [6, 6.07) is 7.30.